The molecule has 14 heteroatoms. The summed E-state index contributed by atoms with van der Waals surface area (Å²) in [6.45, 7) is 1.86. The molecule has 38 heavy (non-hydrogen) atoms. The molecule has 0 aliphatic rings. The number of benzene rings is 2. The predicted molar refractivity (Wildman–Crippen MR) is 119 cm³/mol. The second kappa shape index (κ2) is 11.4. The number of rotatable bonds is 9. The Kier molecular flexibility index (Phi) is 9.36. The SMILES string of the molecule is CO[C@@H](C)CC(=O)NCc1ccc(NC[C@@](O)(c2cc(C(F)(F)F)cc(C(F)(F)F)c2)C(F)(F)F)cc1C. The van der Waals surface area contributed by atoms with Crippen LogP contribution in [0, 0.1) is 6.92 Å². The molecule has 0 radical (unpaired) electrons. The minimum absolute atomic E-state index is 0.00345. The van der Waals surface area contributed by atoms with Crippen molar-refractivity contribution in [3.63, 3.8) is 0 Å². The van der Waals surface area contributed by atoms with E-state index in [-0.39, 0.29) is 48.9 Å². The highest BCUT2D eigenvalue weighted by atomic mass is 19.4. The largest absolute Gasteiger partial charge is 0.423 e. The summed E-state index contributed by atoms with van der Waals surface area (Å²) < 4.78 is 126. The van der Waals surface area contributed by atoms with Crippen LogP contribution >= 0.6 is 0 Å². The van der Waals surface area contributed by atoms with Crippen LogP contribution in [0.15, 0.2) is 36.4 Å². The third-order valence-electron chi connectivity index (χ3n) is 5.78. The molecule has 2 aromatic rings. The van der Waals surface area contributed by atoms with Gasteiger partial charge in [0.1, 0.15) is 0 Å². The first kappa shape index (κ1) is 31.2. The van der Waals surface area contributed by atoms with Crippen molar-refractivity contribution < 1.29 is 54.2 Å². The zero-order valence-electron chi connectivity index (χ0n) is 20.3. The van der Waals surface area contributed by atoms with Crippen molar-refractivity contribution in [3.05, 3.63) is 64.2 Å². The summed E-state index contributed by atoms with van der Waals surface area (Å²) in [6.07, 6.45) is -16.7. The van der Waals surface area contributed by atoms with Crippen LogP contribution in [0.2, 0.25) is 0 Å². The van der Waals surface area contributed by atoms with Crippen molar-refractivity contribution in [1.82, 2.24) is 5.32 Å². The van der Waals surface area contributed by atoms with Gasteiger partial charge in [-0.2, -0.15) is 39.5 Å². The van der Waals surface area contributed by atoms with Gasteiger partial charge in [0, 0.05) is 19.3 Å². The number of methoxy groups -OCH3 is 1. The van der Waals surface area contributed by atoms with Crippen molar-refractivity contribution in [2.24, 2.45) is 0 Å². The van der Waals surface area contributed by atoms with Gasteiger partial charge in [0.15, 0.2) is 0 Å². The molecule has 0 spiro atoms. The van der Waals surface area contributed by atoms with Crippen molar-refractivity contribution >= 4 is 11.6 Å². The van der Waals surface area contributed by atoms with Crippen molar-refractivity contribution in [2.75, 3.05) is 19.0 Å². The highest BCUT2D eigenvalue weighted by Crippen LogP contribution is 2.44. The fourth-order valence-electron chi connectivity index (χ4n) is 3.40. The van der Waals surface area contributed by atoms with E-state index in [4.69, 9.17) is 4.74 Å². The highest BCUT2D eigenvalue weighted by molar-refractivity contribution is 5.76. The maximum atomic E-state index is 13.9. The quantitative estimate of drug-likeness (QED) is 0.333. The number of hydrogen-bond acceptors (Lipinski definition) is 4. The molecule has 5 nitrogen and oxygen atoms in total. The Balaban J connectivity index is 2.32. The highest BCUT2D eigenvalue weighted by Gasteiger charge is 2.56. The lowest BCUT2D eigenvalue weighted by Crippen LogP contribution is -2.48. The van der Waals surface area contributed by atoms with E-state index in [1.54, 1.807) is 13.8 Å². The molecule has 0 aliphatic carbocycles. The summed E-state index contributed by atoms with van der Waals surface area (Å²) in [5, 5.41) is 15.3. The van der Waals surface area contributed by atoms with Crippen molar-refractivity contribution in [2.45, 2.75) is 57.0 Å². The van der Waals surface area contributed by atoms with Crippen LogP contribution in [0.5, 0.6) is 0 Å². The van der Waals surface area contributed by atoms with E-state index in [1.165, 1.54) is 25.3 Å². The van der Waals surface area contributed by atoms with Crippen LogP contribution in [0.1, 0.15) is 41.2 Å². The number of aryl methyl sites for hydroxylation is 1. The van der Waals surface area contributed by atoms with Gasteiger partial charge in [-0.15, -0.1) is 0 Å². The summed E-state index contributed by atoms with van der Waals surface area (Å²) in [7, 11) is 1.44. The fourth-order valence-corrected chi connectivity index (χ4v) is 3.40. The lowest BCUT2D eigenvalue weighted by Gasteiger charge is -2.32. The standard InChI is InChI=1S/C24H25F9N2O3/c1-13-6-19(5-4-15(13)11-34-20(36)7-14(2)38-3)35-12-21(37,24(31,32)33)16-8-17(22(25,26)27)10-18(9-16)23(28,29)30/h4-6,8-10,14,35,37H,7,11-12H2,1-3H3,(H,34,36)/t14-,21+/m0/s1. The molecule has 0 aliphatic heterocycles. The molecule has 2 atom stereocenters. The number of nitrogens with one attached hydrogen (secondary N) is 2. The van der Waals surface area contributed by atoms with Gasteiger partial charge in [0.2, 0.25) is 11.5 Å². The third kappa shape index (κ3) is 7.76. The summed E-state index contributed by atoms with van der Waals surface area (Å²) in [6, 6.07) is 3.44. The molecule has 2 rings (SSSR count). The maximum Gasteiger partial charge on any atom is 0.423 e. The summed E-state index contributed by atoms with van der Waals surface area (Å²) in [5.74, 6) is -0.310. The van der Waals surface area contributed by atoms with E-state index in [2.05, 4.69) is 10.6 Å². The van der Waals surface area contributed by atoms with Gasteiger partial charge < -0.3 is 20.5 Å². The van der Waals surface area contributed by atoms with Crippen LogP contribution in [0.3, 0.4) is 0 Å². The number of hydrogen-bond donors (Lipinski definition) is 3. The third-order valence-corrected chi connectivity index (χ3v) is 5.78. The lowest BCUT2D eigenvalue weighted by molar-refractivity contribution is -0.261. The number of ether oxygens (including phenoxy) is 1. The zero-order valence-corrected chi connectivity index (χ0v) is 20.3. The zero-order chi connectivity index (χ0) is 29.1. The van der Waals surface area contributed by atoms with Gasteiger partial charge in [-0.3, -0.25) is 4.79 Å². The monoisotopic (exact) mass is 560 g/mol. The molecule has 0 aromatic heterocycles. The Labute approximate surface area is 212 Å². The first-order valence-electron chi connectivity index (χ1n) is 11.0. The van der Waals surface area contributed by atoms with Gasteiger partial charge >= 0.3 is 18.5 Å². The second-order valence-electron chi connectivity index (χ2n) is 8.67. The smallest absolute Gasteiger partial charge is 0.381 e. The topological polar surface area (TPSA) is 70.6 Å². The van der Waals surface area contributed by atoms with Crippen LogP contribution in [-0.2, 0) is 34.0 Å². The summed E-state index contributed by atoms with van der Waals surface area (Å²) in [4.78, 5) is 11.9. The molecule has 212 valence electrons. The first-order chi connectivity index (χ1) is 17.3. The number of carbonyl (C=O) groups is 1. The lowest BCUT2D eigenvalue weighted by atomic mass is 9.89. The molecule has 0 bridgehead atoms. The molecular weight excluding hydrogens is 535 g/mol. The molecule has 0 saturated heterocycles. The number of aliphatic hydroxyl groups is 1. The average molecular weight is 560 g/mol. The Morgan fingerprint density at radius 3 is 1.89 bits per heavy atom. The number of amides is 1. The predicted octanol–water partition coefficient (Wildman–Crippen LogP) is 5.94. The van der Waals surface area contributed by atoms with E-state index >= 15 is 0 Å². The normalized spacial score (nSPS) is 15.1. The van der Waals surface area contributed by atoms with Gasteiger partial charge in [-0.05, 0) is 60.9 Å². The molecule has 3 N–H and O–H groups in total. The fraction of sp³-hybridized carbons (Fsp3) is 0.458. The van der Waals surface area contributed by atoms with Gasteiger partial charge in [-0.1, -0.05) is 6.07 Å². The van der Waals surface area contributed by atoms with Crippen molar-refractivity contribution in [1.29, 1.82) is 0 Å². The van der Waals surface area contributed by atoms with Crippen LogP contribution < -0.4 is 10.6 Å². The van der Waals surface area contributed by atoms with Crippen LogP contribution in [-0.4, -0.2) is 36.9 Å². The number of anilines is 1. The summed E-state index contributed by atoms with van der Waals surface area (Å²) in [5.41, 5.74) is -8.62. The first-order valence-corrected chi connectivity index (χ1v) is 11.0. The number of carbonyl (C=O) groups excluding carboxylic acids is 1. The van der Waals surface area contributed by atoms with Gasteiger partial charge in [0.25, 0.3) is 0 Å². The second-order valence-corrected chi connectivity index (χ2v) is 8.67. The Hall–Kier alpha value is -3.00. The van der Waals surface area contributed by atoms with E-state index in [1.807, 2.05) is 0 Å². The van der Waals surface area contributed by atoms with Crippen molar-refractivity contribution in [3.8, 4) is 0 Å². The molecular formula is C24H25F9N2O3. The molecule has 2 aromatic carbocycles. The molecule has 1 amide bonds. The molecule has 0 fully saturated rings. The molecule has 0 heterocycles. The minimum Gasteiger partial charge on any atom is -0.381 e. The summed E-state index contributed by atoms with van der Waals surface area (Å²) >= 11 is 0. The van der Waals surface area contributed by atoms with E-state index in [9.17, 15) is 49.4 Å². The van der Waals surface area contributed by atoms with E-state index in [0.717, 1.165) is 0 Å². The number of halogens is 9. The Bertz CT molecular complexity index is 1100. The molecule has 0 saturated carbocycles. The van der Waals surface area contributed by atoms with Crippen LogP contribution in [0.25, 0.3) is 0 Å². The minimum atomic E-state index is -5.65. The van der Waals surface area contributed by atoms with E-state index in [0.29, 0.717) is 11.1 Å². The van der Waals surface area contributed by atoms with Gasteiger partial charge in [0.05, 0.1) is 30.2 Å². The van der Waals surface area contributed by atoms with E-state index < -0.39 is 47.4 Å². The maximum absolute atomic E-state index is 13.9. The molecule has 0 unspecified atom stereocenters. The Morgan fingerprint density at radius 2 is 1.45 bits per heavy atom. The van der Waals surface area contributed by atoms with Gasteiger partial charge in [-0.25, -0.2) is 0 Å². The average Bonchev–Trinajstić information content (AvgIpc) is 2.79. The number of alkyl halides is 9. The Morgan fingerprint density at radius 1 is 0.921 bits per heavy atom. The van der Waals surface area contributed by atoms with Crippen LogP contribution in [0.4, 0.5) is 45.2 Å².